The summed E-state index contributed by atoms with van der Waals surface area (Å²) in [6, 6.07) is 14.9. The summed E-state index contributed by atoms with van der Waals surface area (Å²) < 4.78 is 22.8. The van der Waals surface area contributed by atoms with Crippen molar-refractivity contribution in [2.24, 2.45) is 5.92 Å². The molecule has 0 spiro atoms. The fourth-order valence-corrected chi connectivity index (χ4v) is 6.38. The molecule has 2 aromatic rings. The van der Waals surface area contributed by atoms with Crippen molar-refractivity contribution in [2.45, 2.75) is 42.1 Å². The number of hydrogen-bond donors (Lipinski definition) is 1. The van der Waals surface area contributed by atoms with E-state index in [9.17, 15) is 13.5 Å². The molecule has 31 heavy (non-hydrogen) atoms. The Hall–Kier alpha value is -1.54. The maximum absolute atomic E-state index is 11.4. The number of piperidine rings is 1. The van der Waals surface area contributed by atoms with Crippen molar-refractivity contribution in [1.82, 2.24) is 4.90 Å². The van der Waals surface area contributed by atoms with Crippen LogP contribution in [0.15, 0.2) is 52.3 Å². The van der Waals surface area contributed by atoms with Gasteiger partial charge in [0.25, 0.3) is 0 Å². The molecular formula is C24H32N2O3S2. The molecule has 0 bridgehead atoms. The van der Waals surface area contributed by atoms with E-state index in [1.54, 1.807) is 11.8 Å². The van der Waals surface area contributed by atoms with Crippen LogP contribution in [0, 0.1) is 12.8 Å². The zero-order chi connectivity index (χ0) is 22.0. The van der Waals surface area contributed by atoms with Crippen molar-refractivity contribution in [1.29, 1.82) is 0 Å². The maximum atomic E-state index is 11.4. The van der Waals surface area contributed by atoms with Crippen molar-refractivity contribution < 1.29 is 13.5 Å². The lowest BCUT2D eigenvalue weighted by Crippen LogP contribution is -2.43. The molecule has 5 nitrogen and oxygen atoms in total. The fourth-order valence-electron chi connectivity index (χ4n) is 4.54. The average Bonchev–Trinajstić information content (AvgIpc) is 2.73. The third-order valence-corrected chi connectivity index (χ3v) is 8.36. The van der Waals surface area contributed by atoms with E-state index < -0.39 is 15.9 Å². The average molecular weight is 461 g/mol. The van der Waals surface area contributed by atoms with Crippen molar-refractivity contribution in [2.75, 3.05) is 43.1 Å². The predicted octanol–water partition coefficient (Wildman–Crippen LogP) is 4.11. The first-order chi connectivity index (χ1) is 14.8. The molecule has 4 rings (SSSR count). The topological polar surface area (TPSA) is 60.9 Å². The molecule has 7 heteroatoms. The van der Waals surface area contributed by atoms with Gasteiger partial charge in [-0.25, -0.2) is 8.42 Å². The van der Waals surface area contributed by atoms with Crippen LogP contribution >= 0.6 is 11.8 Å². The summed E-state index contributed by atoms with van der Waals surface area (Å²) in [5.41, 5.74) is 3.54. The number of fused-ring (bicyclic) bond motifs is 2. The molecule has 1 atom stereocenters. The highest BCUT2D eigenvalue weighted by Crippen LogP contribution is 2.48. The van der Waals surface area contributed by atoms with Gasteiger partial charge < -0.3 is 14.9 Å². The number of nitrogens with zero attached hydrogens (tertiary/aromatic N) is 2. The van der Waals surface area contributed by atoms with Crippen LogP contribution < -0.4 is 4.90 Å². The van der Waals surface area contributed by atoms with Gasteiger partial charge in [-0.3, -0.25) is 0 Å². The lowest BCUT2D eigenvalue weighted by atomic mass is 9.94. The first-order valence-electron chi connectivity index (χ1n) is 11.0. The number of para-hydroxylation sites is 1. The summed E-state index contributed by atoms with van der Waals surface area (Å²) in [5, 5.41) is 11.0. The number of β-amino-alcohol motifs (C(OH)–C–C–N with tert-alkyl or cyclic N) is 1. The number of aliphatic hydroxyl groups is 1. The maximum Gasteiger partial charge on any atom is 0.147 e. The molecule has 1 N–H and O–H groups in total. The first kappa shape index (κ1) is 22.6. The molecule has 1 unspecified atom stereocenters. The highest BCUT2D eigenvalue weighted by atomic mass is 32.2. The highest BCUT2D eigenvalue weighted by molar-refractivity contribution is 7.99. The van der Waals surface area contributed by atoms with Gasteiger partial charge in [0, 0.05) is 22.6 Å². The van der Waals surface area contributed by atoms with E-state index >= 15 is 0 Å². The molecule has 0 aliphatic carbocycles. The Labute approximate surface area is 190 Å². The third-order valence-electron chi connectivity index (χ3n) is 6.25. The predicted molar refractivity (Wildman–Crippen MR) is 128 cm³/mol. The van der Waals surface area contributed by atoms with Gasteiger partial charge in [0.2, 0.25) is 0 Å². The van der Waals surface area contributed by atoms with Crippen LogP contribution in [0.3, 0.4) is 0 Å². The van der Waals surface area contributed by atoms with Crippen LogP contribution in [0.25, 0.3) is 0 Å². The van der Waals surface area contributed by atoms with Crippen LogP contribution in [-0.2, 0) is 9.84 Å². The number of sulfone groups is 1. The van der Waals surface area contributed by atoms with Crippen molar-refractivity contribution in [3.63, 3.8) is 0 Å². The second kappa shape index (κ2) is 9.53. The standard InChI is InChI=1S/C24H32N2O3S2/c1-18-7-8-24-22(15-18)26(21-5-3-4-6-23(21)30-24)17-20(27)16-25-12-9-19(10-13-25)11-14-31(2,28)29/h3-8,15,19-20,27H,9-14,16-17H2,1-2H3. The fraction of sp³-hybridized carbons (Fsp3) is 0.500. The summed E-state index contributed by atoms with van der Waals surface area (Å²) in [5.74, 6) is 0.759. The molecule has 2 aromatic carbocycles. The minimum atomic E-state index is -2.89. The molecule has 2 heterocycles. The Balaban J connectivity index is 1.38. The van der Waals surface area contributed by atoms with Gasteiger partial charge in [-0.05, 0) is 75.0 Å². The van der Waals surface area contributed by atoms with Gasteiger partial charge in [-0.1, -0.05) is 30.0 Å². The Kier molecular flexibility index (Phi) is 6.96. The number of likely N-dealkylation sites (tertiary alicyclic amines) is 1. The smallest absolute Gasteiger partial charge is 0.147 e. The zero-order valence-corrected chi connectivity index (χ0v) is 20.0. The first-order valence-corrected chi connectivity index (χ1v) is 13.9. The Morgan fingerprint density at radius 2 is 1.77 bits per heavy atom. The molecule has 1 saturated heterocycles. The monoisotopic (exact) mass is 460 g/mol. The van der Waals surface area contributed by atoms with Crippen LogP contribution in [-0.4, -0.2) is 62.7 Å². The summed E-state index contributed by atoms with van der Waals surface area (Å²) in [6.45, 7) is 5.16. The number of anilines is 2. The molecule has 2 aliphatic rings. The highest BCUT2D eigenvalue weighted by Gasteiger charge is 2.27. The van der Waals surface area contributed by atoms with E-state index in [1.807, 2.05) is 0 Å². The molecule has 168 valence electrons. The van der Waals surface area contributed by atoms with E-state index in [0.717, 1.165) is 38.0 Å². The van der Waals surface area contributed by atoms with Gasteiger partial charge in [-0.2, -0.15) is 0 Å². The van der Waals surface area contributed by atoms with E-state index in [-0.39, 0.29) is 5.75 Å². The molecule has 0 aromatic heterocycles. The van der Waals surface area contributed by atoms with Gasteiger partial charge in [0.15, 0.2) is 0 Å². The number of benzene rings is 2. The Morgan fingerprint density at radius 3 is 2.52 bits per heavy atom. The summed E-state index contributed by atoms with van der Waals surface area (Å²) in [4.78, 5) is 7.03. The normalized spacial score (nSPS) is 18.5. The quantitative estimate of drug-likeness (QED) is 0.671. The van der Waals surface area contributed by atoms with Crippen molar-refractivity contribution in [3.8, 4) is 0 Å². The number of hydrogen-bond acceptors (Lipinski definition) is 6. The third kappa shape index (κ3) is 5.83. The molecule has 2 aliphatic heterocycles. The Bertz CT molecular complexity index is 1020. The van der Waals surface area contributed by atoms with Crippen LogP contribution in [0.1, 0.15) is 24.8 Å². The summed E-state index contributed by atoms with van der Waals surface area (Å²) in [7, 11) is -2.89. The molecule has 0 amide bonds. The van der Waals surface area contributed by atoms with Gasteiger partial charge in [0.1, 0.15) is 9.84 Å². The van der Waals surface area contributed by atoms with E-state index in [4.69, 9.17) is 0 Å². The minimum absolute atomic E-state index is 0.283. The van der Waals surface area contributed by atoms with Gasteiger partial charge >= 0.3 is 0 Å². The summed E-state index contributed by atoms with van der Waals surface area (Å²) >= 11 is 1.79. The van der Waals surface area contributed by atoms with E-state index in [1.165, 1.54) is 27.3 Å². The molecule has 0 radical (unpaired) electrons. The summed E-state index contributed by atoms with van der Waals surface area (Å²) in [6.07, 6.45) is 3.63. The molecular weight excluding hydrogens is 428 g/mol. The zero-order valence-electron chi connectivity index (χ0n) is 18.3. The van der Waals surface area contributed by atoms with Gasteiger partial charge in [-0.15, -0.1) is 0 Å². The minimum Gasteiger partial charge on any atom is -0.390 e. The van der Waals surface area contributed by atoms with Crippen LogP contribution in [0.5, 0.6) is 0 Å². The molecule has 1 fully saturated rings. The van der Waals surface area contributed by atoms with Crippen molar-refractivity contribution in [3.05, 3.63) is 48.0 Å². The number of rotatable bonds is 7. The van der Waals surface area contributed by atoms with Crippen LogP contribution in [0.4, 0.5) is 11.4 Å². The number of aryl methyl sites for hydroxylation is 1. The SMILES string of the molecule is Cc1ccc2c(c1)N(CC(O)CN1CCC(CCS(C)(=O)=O)CC1)c1ccccc1S2. The largest absolute Gasteiger partial charge is 0.390 e. The second-order valence-corrected chi connectivity index (χ2v) is 12.3. The van der Waals surface area contributed by atoms with Crippen molar-refractivity contribution >= 4 is 33.0 Å². The van der Waals surface area contributed by atoms with Gasteiger partial charge in [0.05, 0.1) is 29.8 Å². The van der Waals surface area contributed by atoms with E-state index in [2.05, 4.69) is 59.2 Å². The van der Waals surface area contributed by atoms with E-state index in [0.29, 0.717) is 19.0 Å². The molecule has 0 saturated carbocycles. The number of aliphatic hydroxyl groups excluding tert-OH is 1. The Morgan fingerprint density at radius 1 is 1.06 bits per heavy atom. The van der Waals surface area contributed by atoms with Crippen LogP contribution in [0.2, 0.25) is 0 Å². The second-order valence-electron chi connectivity index (χ2n) is 8.97. The lowest BCUT2D eigenvalue weighted by Gasteiger charge is -2.37. The lowest BCUT2D eigenvalue weighted by molar-refractivity contribution is 0.0935.